The van der Waals surface area contributed by atoms with Crippen LogP contribution in [0.4, 0.5) is 13.2 Å². The Balaban J connectivity index is 2.20. The predicted octanol–water partition coefficient (Wildman–Crippen LogP) is 1.95. The Kier molecular flexibility index (Phi) is 3.69. The van der Waals surface area contributed by atoms with Gasteiger partial charge in [0.25, 0.3) is 0 Å². The number of fused-ring (bicyclic) bond motifs is 1. The van der Waals surface area contributed by atoms with Gasteiger partial charge in [-0.3, -0.25) is 4.18 Å². The maximum absolute atomic E-state index is 12.4. The van der Waals surface area contributed by atoms with E-state index in [0.29, 0.717) is 0 Å². The number of ether oxygens (including phenoxy) is 2. The molecule has 4 atom stereocenters. The number of hydrogen-bond acceptors (Lipinski definition) is 5. The molecule has 2 aliphatic rings. The van der Waals surface area contributed by atoms with E-state index in [4.69, 9.17) is 9.47 Å². The van der Waals surface area contributed by atoms with Crippen molar-refractivity contribution in [2.75, 3.05) is 0 Å². The van der Waals surface area contributed by atoms with Crippen molar-refractivity contribution in [1.29, 1.82) is 0 Å². The van der Waals surface area contributed by atoms with Gasteiger partial charge < -0.3 is 9.47 Å². The Hall–Kier alpha value is -0.640. The molecule has 20 heavy (non-hydrogen) atoms. The van der Waals surface area contributed by atoms with E-state index in [2.05, 4.69) is 10.8 Å². The second-order valence-corrected chi connectivity index (χ2v) is 6.80. The summed E-state index contributed by atoms with van der Waals surface area (Å²) in [6, 6.07) is 0. The highest BCUT2D eigenvalue weighted by atomic mass is 32.2. The van der Waals surface area contributed by atoms with Gasteiger partial charge in [0, 0.05) is 5.92 Å². The molecule has 1 heterocycles. The van der Waals surface area contributed by atoms with Crippen molar-refractivity contribution in [3.8, 4) is 0 Å². The smallest absolute Gasteiger partial charge is 0.344 e. The van der Waals surface area contributed by atoms with Crippen LogP contribution in [0.5, 0.6) is 0 Å². The van der Waals surface area contributed by atoms with Gasteiger partial charge in [-0.05, 0) is 20.3 Å². The normalized spacial score (nSPS) is 36.9. The summed E-state index contributed by atoms with van der Waals surface area (Å²) in [6.07, 6.45) is -1.12. The summed E-state index contributed by atoms with van der Waals surface area (Å²) >= 11 is 0. The molecule has 0 spiro atoms. The molecule has 0 unspecified atom stereocenters. The summed E-state index contributed by atoms with van der Waals surface area (Å²) in [4.78, 5) is 0. The van der Waals surface area contributed by atoms with Gasteiger partial charge in [0.15, 0.2) is 5.79 Å². The standard InChI is InChI=1S/C11H15F3O5S/c1-4-6-5-7(19-20(15,16)11(12,13)14)9-8(6)17-10(2,3)18-9/h4,6-9H,1,5H2,2-3H3/t6-,7-,8+,9-/m0/s1. The van der Waals surface area contributed by atoms with E-state index in [1.54, 1.807) is 13.8 Å². The molecule has 1 saturated heterocycles. The van der Waals surface area contributed by atoms with Crippen molar-refractivity contribution in [3.05, 3.63) is 12.7 Å². The molecule has 116 valence electrons. The van der Waals surface area contributed by atoms with E-state index in [1.807, 2.05) is 0 Å². The molecule has 0 radical (unpaired) electrons. The average molecular weight is 316 g/mol. The lowest BCUT2D eigenvalue weighted by Crippen LogP contribution is -2.36. The van der Waals surface area contributed by atoms with E-state index in [1.165, 1.54) is 6.08 Å². The van der Waals surface area contributed by atoms with Gasteiger partial charge in [0.1, 0.15) is 12.2 Å². The first kappa shape index (κ1) is 15.7. The van der Waals surface area contributed by atoms with E-state index in [0.717, 1.165) is 0 Å². The minimum Gasteiger partial charge on any atom is -0.344 e. The van der Waals surface area contributed by atoms with Crippen LogP contribution in [0, 0.1) is 5.92 Å². The Morgan fingerprint density at radius 2 is 1.85 bits per heavy atom. The molecule has 0 aromatic carbocycles. The number of hydrogen-bond donors (Lipinski definition) is 0. The highest BCUT2D eigenvalue weighted by Crippen LogP contribution is 2.44. The molecule has 1 saturated carbocycles. The molecule has 5 nitrogen and oxygen atoms in total. The molecular formula is C11H15F3O5S. The molecule has 1 aliphatic carbocycles. The maximum Gasteiger partial charge on any atom is 0.523 e. The Labute approximate surface area is 114 Å². The topological polar surface area (TPSA) is 61.8 Å². The Morgan fingerprint density at radius 1 is 1.30 bits per heavy atom. The molecule has 0 bridgehead atoms. The first-order valence-corrected chi connectivity index (χ1v) is 7.35. The van der Waals surface area contributed by atoms with Crippen LogP contribution in [0.15, 0.2) is 12.7 Å². The largest absolute Gasteiger partial charge is 0.523 e. The van der Waals surface area contributed by atoms with E-state index >= 15 is 0 Å². The van der Waals surface area contributed by atoms with Crippen molar-refractivity contribution in [1.82, 2.24) is 0 Å². The first-order chi connectivity index (χ1) is 8.97. The SMILES string of the molecule is C=C[C@H]1C[C@H](OS(=O)(=O)C(F)(F)F)[C@@H]2OC(C)(C)O[C@@H]21. The summed E-state index contributed by atoms with van der Waals surface area (Å²) in [6.45, 7) is 6.76. The van der Waals surface area contributed by atoms with Gasteiger partial charge >= 0.3 is 15.6 Å². The fourth-order valence-electron chi connectivity index (χ4n) is 2.51. The van der Waals surface area contributed by atoms with Crippen molar-refractivity contribution in [2.45, 2.75) is 49.9 Å². The average Bonchev–Trinajstić information content (AvgIpc) is 2.71. The Morgan fingerprint density at radius 3 is 2.35 bits per heavy atom. The molecule has 0 aromatic heterocycles. The monoisotopic (exact) mass is 316 g/mol. The zero-order valence-corrected chi connectivity index (χ0v) is 11.7. The lowest BCUT2D eigenvalue weighted by molar-refractivity contribution is -0.163. The highest BCUT2D eigenvalue weighted by Gasteiger charge is 2.57. The van der Waals surface area contributed by atoms with Crippen LogP contribution in [0.25, 0.3) is 0 Å². The number of halogens is 3. The molecule has 0 N–H and O–H groups in total. The van der Waals surface area contributed by atoms with E-state index in [-0.39, 0.29) is 12.3 Å². The van der Waals surface area contributed by atoms with Gasteiger partial charge in [-0.15, -0.1) is 6.58 Å². The quantitative estimate of drug-likeness (QED) is 0.452. The second-order valence-electron chi connectivity index (χ2n) is 5.23. The molecule has 1 aliphatic heterocycles. The van der Waals surface area contributed by atoms with Crippen LogP contribution in [-0.2, 0) is 23.8 Å². The summed E-state index contributed by atoms with van der Waals surface area (Å²) in [5.74, 6) is -1.32. The van der Waals surface area contributed by atoms with Gasteiger partial charge in [-0.1, -0.05) is 6.08 Å². The summed E-state index contributed by atoms with van der Waals surface area (Å²) in [5.41, 5.74) is -5.45. The van der Waals surface area contributed by atoms with Gasteiger partial charge in [-0.25, -0.2) is 0 Å². The van der Waals surface area contributed by atoms with Crippen LogP contribution in [-0.4, -0.2) is 38.0 Å². The van der Waals surface area contributed by atoms with E-state index in [9.17, 15) is 21.6 Å². The molecule has 2 rings (SSSR count). The molecule has 0 amide bonds. The predicted molar refractivity (Wildman–Crippen MR) is 62.0 cm³/mol. The summed E-state index contributed by atoms with van der Waals surface area (Å²) < 4.78 is 74.5. The van der Waals surface area contributed by atoms with Crippen molar-refractivity contribution in [2.24, 2.45) is 5.92 Å². The first-order valence-electron chi connectivity index (χ1n) is 5.94. The van der Waals surface area contributed by atoms with Crippen LogP contribution in [0.1, 0.15) is 20.3 Å². The van der Waals surface area contributed by atoms with Crippen LogP contribution in [0.3, 0.4) is 0 Å². The van der Waals surface area contributed by atoms with Crippen molar-refractivity contribution >= 4 is 10.1 Å². The van der Waals surface area contributed by atoms with Gasteiger partial charge in [-0.2, -0.15) is 21.6 Å². The zero-order chi connectivity index (χ0) is 15.3. The summed E-state index contributed by atoms with van der Waals surface area (Å²) in [7, 11) is -5.66. The molecule has 2 fully saturated rings. The van der Waals surface area contributed by atoms with Crippen LogP contribution < -0.4 is 0 Å². The van der Waals surface area contributed by atoms with Crippen LogP contribution in [0.2, 0.25) is 0 Å². The Bertz CT molecular complexity index is 499. The van der Waals surface area contributed by atoms with Crippen molar-refractivity contribution < 1.29 is 35.2 Å². The molecular weight excluding hydrogens is 301 g/mol. The number of alkyl halides is 3. The molecule has 9 heteroatoms. The minimum atomic E-state index is -5.66. The third kappa shape index (κ3) is 2.72. The third-order valence-corrected chi connectivity index (χ3v) is 4.36. The van der Waals surface area contributed by atoms with Crippen LogP contribution >= 0.6 is 0 Å². The lowest BCUT2D eigenvalue weighted by atomic mass is 10.1. The van der Waals surface area contributed by atoms with Gasteiger partial charge in [0.2, 0.25) is 0 Å². The second kappa shape index (κ2) is 4.69. The lowest BCUT2D eigenvalue weighted by Gasteiger charge is -2.22. The fraction of sp³-hybridized carbons (Fsp3) is 0.818. The number of rotatable bonds is 3. The third-order valence-electron chi connectivity index (χ3n) is 3.29. The highest BCUT2D eigenvalue weighted by molar-refractivity contribution is 7.87. The van der Waals surface area contributed by atoms with Crippen molar-refractivity contribution in [3.63, 3.8) is 0 Å². The van der Waals surface area contributed by atoms with E-state index < -0.39 is 39.7 Å². The maximum atomic E-state index is 12.4. The minimum absolute atomic E-state index is 0.0459. The zero-order valence-electron chi connectivity index (χ0n) is 10.9. The summed E-state index contributed by atoms with van der Waals surface area (Å²) in [5, 5.41) is 0. The molecule has 0 aromatic rings. The fourth-order valence-corrected chi connectivity index (χ4v) is 3.14. The van der Waals surface area contributed by atoms with Gasteiger partial charge in [0.05, 0.1) is 6.10 Å².